The minimum Gasteiger partial charge on any atom is -0.330 e. The third-order valence-electron chi connectivity index (χ3n) is 4.88. The lowest BCUT2D eigenvalue weighted by Crippen LogP contribution is -2.18. The molecule has 160 valence electrons. The SMILES string of the molecule is CCn1ncc(Cn2cc(NC(=S)Nc3cnn(Cc4ccc(Br)cc4)c3)cn2)c1C. The number of thiocarbonyl (C=S) groups is 1. The Morgan fingerprint density at radius 3 is 2.13 bits per heavy atom. The summed E-state index contributed by atoms with van der Waals surface area (Å²) in [6.07, 6.45) is 9.25. The molecule has 8 nitrogen and oxygen atoms in total. The molecule has 31 heavy (non-hydrogen) atoms. The van der Waals surface area contributed by atoms with Crippen LogP contribution in [-0.4, -0.2) is 34.5 Å². The van der Waals surface area contributed by atoms with Crippen LogP contribution in [0.5, 0.6) is 0 Å². The molecule has 0 aliphatic carbocycles. The largest absolute Gasteiger partial charge is 0.330 e. The van der Waals surface area contributed by atoms with Gasteiger partial charge >= 0.3 is 0 Å². The average Bonchev–Trinajstić information content (AvgIpc) is 3.46. The Kier molecular flexibility index (Phi) is 6.47. The second-order valence-corrected chi connectivity index (χ2v) is 8.45. The second kappa shape index (κ2) is 9.44. The van der Waals surface area contributed by atoms with E-state index in [1.165, 1.54) is 5.56 Å². The van der Waals surface area contributed by atoms with E-state index in [0.717, 1.165) is 33.6 Å². The predicted octanol–water partition coefficient (Wildman–Crippen LogP) is 4.27. The van der Waals surface area contributed by atoms with Gasteiger partial charge in [0.05, 0.1) is 43.1 Å². The van der Waals surface area contributed by atoms with Gasteiger partial charge in [0, 0.05) is 34.7 Å². The molecule has 2 N–H and O–H groups in total. The van der Waals surface area contributed by atoms with E-state index in [0.29, 0.717) is 18.2 Å². The van der Waals surface area contributed by atoms with E-state index in [2.05, 4.69) is 67.8 Å². The van der Waals surface area contributed by atoms with Crippen LogP contribution in [0.3, 0.4) is 0 Å². The minimum absolute atomic E-state index is 0.484. The fraction of sp³-hybridized carbons (Fsp3) is 0.238. The molecule has 0 bridgehead atoms. The zero-order chi connectivity index (χ0) is 21.8. The highest BCUT2D eigenvalue weighted by atomic mass is 79.9. The molecule has 4 rings (SSSR count). The lowest BCUT2D eigenvalue weighted by molar-refractivity contribution is 0.633. The molecule has 1 aromatic carbocycles. The van der Waals surface area contributed by atoms with Gasteiger partial charge in [-0.25, -0.2) is 0 Å². The van der Waals surface area contributed by atoms with E-state index in [-0.39, 0.29) is 0 Å². The summed E-state index contributed by atoms with van der Waals surface area (Å²) in [5.74, 6) is 0. The highest BCUT2D eigenvalue weighted by Gasteiger charge is 2.08. The Labute approximate surface area is 194 Å². The van der Waals surface area contributed by atoms with Gasteiger partial charge in [-0.15, -0.1) is 0 Å². The number of nitrogens with one attached hydrogen (secondary N) is 2. The van der Waals surface area contributed by atoms with Crippen molar-refractivity contribution in [3.05, 3.63) is 76.5 Å². The van der Waals surface area contributed by atoms with Gasteiger partial charge in [0.2, 0.25) is 0 Å². The summed E-state index contributed by atoms with van der Waals surface area (Å²) in [7, 11) is 0. The average molecular weight is 499 g/mol. The Balaban J connectivity index is 1.31. The number of aromatic nitrogens is 6. The van der Waals surface area contributed by atoms with Gasteiger partial charge in [-0.05, 0) is 43.8 Å². The first-order valence-corrected chi connectivity index (χ1v) is 11.1. The Hall–Kier alpha value is -2.98. The molecule has 0 aliphatic rings. The fourth-order valence-electron chi connectivity index (χ4n) is 3.23. The maximum absolute atomic E-state index is 5.44. The zero-order valence-electron chi connectivity index (χ0n) is 17.3. The fourth-order valence-corrected chi connectivity index (χ4v) is 3.73. The van der Waals surface area contributed by atoms with Crippen molar-refractivity contribution in [1.82, 2.24) is 29.3 Å². The first-order chi connectivity index (χ1) is 15.0. The van der Waals surface area contributed by atoms with Crippen molar-refractivity contribution < 1.29 is 0 Å². The standard InChI is InChI=1S/C21H23BrN8S/c1-3-30-15(2)17(8-25-30)12-29-14-20(10-24-29)27-21(31)26-19-9-23-28(13-19)11-16-4-6-18(22)7-5-16/h4-10,13-14H,3,11-12H2,1-2H3,(H2,26,27,31). The van der Waals surface area contributed by atoms with Gasteiger partial charge in [-0.1, -0.05) is 28.1 Å². The van der Waals surface area contributed by atoms with Gasteiger partial charge in [0.1, 0.15) is 0 Å². The molecule has 0 saturated carbocycles. The third-order valence-corrected chi connectivity index (χ3v) is 5.61. The number of aryl methyl sites for hydroxylation is 1. The molecule has 0 fully saturated rings. The van der Waals surface area contributed by atoms with E-state index in [4.69, 9.17) is 12.2 Å². The monoisotopic (exact) mass is 498 g/mol. The first-order valence-electron chi connectivity index (χ1n) is 9.89. The van der Waals surface area contributed by atoms with Gasteiger partial charge in [-0.2, -0.15) is 15.3 Å². The van der Waals surface area contributed by atoms with E-state index in [9.17, 15) is 0 Å². The Morgan fingerprint density at radius 1 is 0.935 bits per heavy atom. The molecule has 3 heterocycles. The smallest absolute Gasteiger partial charge is 0.175 e. The predicted molar refractivity (Wildman–Crippen MR) is 129 cm³/mol. The van der Waals surface area contributed by atoms with Crippen LogP contribution < -0.4 is 10.6 Å². The van der Waals surface area contributed by atoms with E-state index < -0.39 is 0 Å². The van der Waals surface area contributed by atoms with Crippen LogP contribution in [0.2, 0.25) is 0 Å². The number of halogens is 1. The summed E-state index contributed by atoms with van der Waals surface area (Å²) in [6.45, 7) is 6.37. The number of rotatable bonds is 7. The summed E-state index contributed by atoms with van der Waals surface area (Å²) in [5.41, 5.74) is 5.12. The Bertz CT molecular complexity index is 1170. The summed E-state index contributed by atoms with van der Waals surface area (Å²) >= 11 is 8.89. The molecule has 0 radical (unpaired) electrons. The summed E-state index contributed by atoms with van der Waals surface area (Å²) in [5, 5.41) is 20.0. The van der Waals surface area contributed by atoms with Crippen molar-refractivity contribution >= 4 is 44.6 Å². The van der Waals surface area contributed by atoms with Crippen molar-refractivity contribution in [3.8, 4) is 0 Å². The van der Waals surface area contributed by atoms with Crippen molar-refractivity contribution in [2.45, 2.75) is 33.5 Å². The molecule has 0 unspecified atom stereocenters. The van der Waals surface area contributed by atoms with E-state index in [1.807, 2.05) is 44.8 Å². The number of anilines is 2. The summed E-state index contributed by atoms with van der Waals surface area (Å²) < 4.78 is 6.77. The highest BCUT2D eigenvalue weighted by Crippen LogP contribution is 2.14. The van der Waals surface area contributed by atoms with Crippen LogP contribution in [0.25, 0.3) is 0 Å². The summed E-state index contributed by atoms with van der Waals surface area (Å²) in [4.78, 5) is 0. The zero-order valence-corrected chi connectivity index (χ0v) is 19.7. The maximum atomic E-state index is 5.44. The topological polar surface area (TPSA) is 77.5 Å². The van der Waals surface area contributed by atoms with Crippen molar-refractivity contribution in [2.24, 2.45) is 0 Å². The van der Waals surface area contributed by atoms with Gasteiger partial charge < -0.3 is 10.6 Å². The molecule has 0 atom stereocenters. The van der Waals surface area contributed by atoms with Crippen molar-refractivity contribution in [3.63, 3.8) is 0 Å². The first kappa shape index (κ1) is 21.3. The van der Waals surface area contributed by atoms with Crippen LogP contribution in [-0.2, 0) is 19.6 Å². The lowest BCUT2D eigenvalue weighted by atomic mass is 10.2. The maximum Gasteiger partial charge on any atom is 0.175 e. The molecular weight excluding hydrogens is 476 g/mol. The molecule has 0 aliphatic heterocycles. The quantitative estimate of drug-likeness (QED) is 0.370. The van der Waals surface area contributed by atoms with Crippen molar-refractivity contribution in [1.29, 1.82) is 0 Å². The van der Waals surface area contributed by atoms with Gasteiger partial charge in [0.25, 0.3) is 0 Å². The van der Waals surface area contributed by atoms with Crippen LogP contribution >= 0.6 is 28.1 Å². The van der Waals surface area contributed by atoms with Crippen LogP contribution in [0.15, 0.2) is 59.7 Å². The van der Waals surface area contributed by atoms with Crippen LogP contribution in [0.4, 0.5) is 11.4 Å². The summed E-state index contributed by atoms with van der Waals surface area (Å²) in [6, 6.07) is 8.18. The van der Waals surface area contributed by atoms with Gasteiger partial charge in [-0.3, -0.25) is 14.0 Å². The molecule has 0 spiro atoms. The number of hydrogen-bond acceptors (Lipinski definition) is 4. The van der Waals surface area contributed by atoms with Gasteiger partial charge in [0.15, 0.2) is 5.11 Å². The molecule has 4 aromatic rings. The molecule has 0 amide bonds. The normalized spacial score (nSPS) is 10.9. The molecular formula is C21H23BrN8S. The minimum atomic E-state index is 0.484. The number of benzene rings is 1. The molecule has 3 aromatic heterocycles. The number of hydrogen-bond donors (Lipinski definition) is 2. The van der Waals surface area contributed by atoms with Crippen LogP contribution in [0.1, 0.15) is 23.7 Å². The van der Waals surface area contributed by atoms with Crippen LogP contribution in [0, 0.1) is 6.92 Å². The molecule has 0 saturated heterocycles. The van der Waals surface area contributed by atoms with E-state index >= 15 is 0 Å². The lowest BCUT2D eigenvalue weighted by Gasteiger charge is -2.07. The third kappa shape index (κ3) is 5.39. The van der Waals surface area contributed by atoms with E-state index in [1.54, 1.807) is 12.4 Å². The van der Waals surface area contributed by atoms with Crippen molar-refractivity contribution in [2.75, 3.05) is 10.6 Å². The Morgan fingerprint density at radius 2 is 1.55 bits per heavy atom. The molecule has 10 heteroatoms. The second-order valence-electron chi connectivity index (χ2n) is 7.13. The number of nitrogens with zero attached hydrogens (tertiary/aromatic N) is 6. The highest BCUT2D eigenvalue weighted by molar-refractivity contribution is 9.10.